The van der Waals surface area contributed by atoms with Crippen LogP contribution in [0.15, 0.2) is 12.1 Å². The summed E-state index contributed by atoms with van der Waals surface area (Å²) in [6, 6.07) is 2.51. The predicted octanol–water partition coefficient (Wildman–Crippen LogP) is 2.73. The summed E-state index contributed by atoms with van der Waals surface area (Å²) in [5.41, 5.74) is 0.00277. The summed E-state index contributed by atoms with van der Waals surface area (Å²) in [6.45, 7) is 5.13. The molecule has 0 saturated carbocycles. The van der Waals surface area contributed by atoms with Crippen molar-refractivity contribution in [2.24, 2.45) is 0 Å². The van der Waals surface area contributed by atoms with Gasteiger partial charge in [-0.2, -0.15) is 0 Å². The third-order valence-electron chi connectivity index (χ3n) is 2.80. The zero-order valence-electron chi connectivity index (χ0n) is 11.8. The normalized spacial score (nSPS) is 14.2. The first-order valence-corrected chi connectivity index (χ1v) is 6.14. The Morgan fingerprint density at radius 1 is 1.35 bits per heavy atom. The van der Waals surface area contributed by atoms with Crippen LogP contribution >= 0.6 is 0 Å². The maximum absolute atomic E-state index is 13.6. The Labute approximate surface area is 116 Å². The molecular formula is C14H16FNO4. The smallest absolute Gasteiger partial charge is 0.417 e. The summed E-state index contributed by atoms with van der Waals surface area (Å²) in [5, 5.41) is 0. The lowest BCUT2D eigenvalue weighted by molar-refractivity contribution is 0.0248. The van der Waals surface area contributed by atoms with E-state index in [-0.39, 0.29) is 17.9 Å². The van der Waals surface area contributed by atoms with Crippen LogP contribution < -0.4 is 4.74 Å². The van der Waals surface area contributed by atoms with E-state index in [1.165, 1.54) is 19.2 Å². The average Bonchev–Trinajstić information content (AvgIpc) is 2.63. The number of imide groups is 1. The number of ether oxygens (including phenoxy) is 2. The molecule has 1 aromatic rings. The number of hydrogen-bond donors (Lipinski definition) is 0. The molecule has 6 heteroatoms. The average molecular weight is 281 g/mol. The number of amides is 2. The van der Waals surface area contributed by atoms with Gasteiger partial charge in [0.2, 0.25) is 0 Å². The summed E-state index contributed by atoms with van der Waals surface area (Å²) in [6.07, 6.45) is -0.738. The Morgan fingerprint density at radius 3 is 2.55 bits per heavy atom. The minimum Gasteiger partial charge on any atom is -0.494 e. The molecular weight excluding hydrogens is 265 g/mol. The Kier molecular flexibility index (Phi) is 3.41. The molecule has 0 N–H and O–H groups in total. The van der Waals surface area contributed by atoms with Crippen molar-refractivity contribution in [3.8, 4) is 5.75 Å². The molecule has 0 aromatic heterocycles. The molecule has 108 valence electrons. The van der Waals surface area contributed by atoms with Crippen LogP contribution in [0.1, 0.15) is 36.7 Å². The maximum Gasteiger partial charge on any atom is 0.417 e. The summed E-state index contributed by atoms with van der Waals surface area (Å²) < 4.78 is 23.6. The van der Waals surface area contributed by atoms with Crippen molar-refractivity contribution in [1.82, 2.24) is 4.90 Å². The van der Waals surface area contributed by atoms with Crippen LogP contribution in [-0.2, 0) is 11.3 Å². The molecule has 0 bridgehead atoms. The Morgan fingerprint density at radius 2 is 2.00 bits per heavy atom. The van der Waals surface area contributed by atoms with E-state index in [2.05, 4.69) is 0 Å². The van der Waals surface area contributed by atoms with Gasteiger partial charge >= 0.3 is 6.09 Å². The van der Waals surface area contributed by atoms with Crippen LogP contribution in [0, 0.1) is 5.82 Å². The van der Waals surface area contributed by atoms with Crippen molar-refractivity contribution < 1.29 is 23.5 Å². The first-order valence-electron chi connectivity index (χ1n) is 6.14. The molecule has 1 heterocycles. The molecule has 0 radical (unpaired) electrons. The van der Waals surface area contributed by atoms with Crippen LogP contribution in [0.5, 0.6) is 5.75 Å². The maximum atomic E-state index is 13.6. The van der Waals surface area contributed by atoms with Gasteiger partial charge in [0.15, 0.2) is 11.6 Å². The number of fused-ring (bicyclic) bond motifs is 1. The van der Waals surface area contributed by atoms with Gasteiger partial charge in [0.25, 0.3) is 5.91 Å². The van der Waals surface area contributed by atoms with Crippen LogP contribution in [0.3, 0.4) is 0 Å². The number of hydrogen-bond acceptors (Lipinski definition) is 4. The van der Waals surface area contributed by atoms with Gasteiger partial charge in [-0.15, -0.1) is 0 Å². The van der Waals surface area contributed by atoms with E-state index in [0.717, 1.165) is 4.90 Å². The molecule has 5 nitrogen and oxygen atoms in total. The second-order valence-corrected chi connectivity index (χ2v) is 5.52. The second kappa shape index (κ2) is 4.77. The van der Waals surface area contributed by atoms with E-state index in [1.807, 2.05) is 0 Å². The molecule has 0 atom stereocenters. The number of benzene rings is 1. The number of methoxy groups -OCH3 is 1. The number of carbonyl (C=O) groups excluding carboxylic acids is 2. The minimum atomic E-state index is -0.738. The number of nitrogens with zero attached hydrogens (tertiary/aromatic N) is 1. The van der Waals surface area contributed by atoms with E-state index in [4.69, 9.17) is 9.47 Å². The topological polar surface area (TPSA) is 55.8 Å². The molecule has 1 aliphatic heterocycles. The van der Waals surface area contributed by atoms with Crippen molar-refractivity contribution in [1.29, 1.82) is 0 Å². The molecule has 2 amide bonds. The highest BCUT2D eigenvalue weighted by Gasteiger charge is 2.36. The van der Waals surface area contributed by atoms with Gasteiger partial charge in [-0.3, -0.25) is 4.79 Å². The van der Waals surface area contributed by atoms with E-state index in [0.29, 0.717) is 5.56 Å². The molecule has 0 aliphatic carbocycles. The van der Waals surface area contributed by atoms with Gasteiger partial charge in [-0.25, -0.2) is 14.1 Å². The molecule has 2 rings (SSSR count). The van der Waals surface area contributed by atoms with Crippen LogP contribution in [-0.4, -0.2) is 29.6 Å². The third-order valence-corrected chi connectivity index (χ3v) is 2.80. The predicted molar refractivity (Wildman–Crippen MR) is 69.1 cm³/mol. The highest BCUT2D eigenvalue weighted by molar-refractivity contribution is 6.06. The number of halogens is 1. The highest BCUT2D eigenvalue weighted by Crippen LogP contribution is 2.30. The lowest BCUT2D eigenvalue weighted by Crippen LogP contribution is -2.36. The zero-order valence-corrected chi connectivity index (χ0v) is 11.8. The van der Waals surface area contributed by atoms with Crippen molar-refractivity contribution in [3.05, 3.63) is 29.1 Å². The lowest BCUT2D eigenvalue weighted by atomic mass is 10.1. The van der Waals surface area contributed by atoms with E-state index >= 15 is 0 Å². The molecule has 0 unspecified atom stereocenters. The fourth-order valence-corrected chi connectivity index (χ4v) is 1.93. The fraction of sp³-hybridized carbons (Fsp3) is 0.429. The summed E-state index contributed by atoms with van der Waals surface area (Å²) in [7, 11) is 1.32. The third kappa shape index (κ3) is 2.59. The monoisotopic (exact) mass is 281 g/mol. The summed E-state index contributed by atoms with van der Waals surface area (Å²) in [5.74, 6) is -1.10. The van der Waals surface area contributed by atoms with E-state index in [9.17, 15) is 14.0 Å². The van der Waals surface area contributed by atoms with Gasteiger partial charge in [0.1, 0.15) is 5.60 Å². The van der Waals surface area contributed by atoms with Gasteiger partial charge in [-0.1, -0.05) is 0 Å². The van der Waals surface area contributed by atoms with Crippen LogP contribution in [0.2, 0.25) is 0 Å². The largest absolute Gasteiger partial charge is 0.494 e. The van der Waals surface area contributed by atoms with E-state index < -0.39 is 23.4 Å². The fourth-order valence-electron chi connectivity index (χ4n) is 1.93. The second-order valence-electron chi connectivity index (χ2n) is 5.52. The Balaban J connectivity index is 2.28. The summed E-state index contributed by atoms with van der Waals surface area (Å²) >= 11 is 0. The standard InChI is InChI=1S/C14H16FNO4/c1-14(2,3)20-13(18)16-7-8-5-10(15)11(19-4)6-9(8)12(16)17/h5-6H,7H2,1-4H3. The van der Waals surface area contributed by atoms with Crippen LogP contribution in [0.25, 0.3) is 0 Å². The first kappa shape index (κ1) is 14.3. The summed E-state index contributed by atoms with van der Waals surface area (Å²) in [4.78, 5) is 25.0. The molecule has 0 spiro atoms. The Hall–Kier alpha value is -2.11. The first-order chi connectivity index (χ1) is 9.23. The zero-order chi connectivity index (χ0) is 15.1. The number of carbonyl (C=O) groups is 2. The minimum absolute atomic E-state index is 0.00396. The lowest BCUT2D eigenvalue weighted by Gasteiger charge is -2.23. The van der Waals surface area contributed by atoms with Crippen molar-refractivity contribution >= 4 is 12.0 Å². The quantitative estimate of drug-likeness (QED) is 0.794. The molecule has 20 heavy (non-hydrogen) atoms. The highest BCUT2D eigenvalue weighted by atomic mass is 19.1. The molecule has 1 aromatic carbocycles. The van der Waals surface area contributed by atoms with Crippen molar-refractivity contribution in [2.45, 2.75) is 32.9 Å². The molecule has 1 aliphatic rings. The van der Waals surface area contributed by atoms with Gasteiger partial charge in [0, 0.05) is 5.56 Å². The Bertz CT molecular complexity index is 577. The number of rotatable bonds is 1. The van der Waals surface area contributed by atoms with Gasteiger partial charge < -0.3 is 9.47 Å². The SMILES string of the molecule is COc1cc2c(cc1F)CN(C(=O)OC(C)(C)C)C2=O. The van der Waals surface area contributed by atoms with Gasteiger partial charge in [-0.05, 0) is 38.5 Å². The molecule has 0 saturated heterocycles. The van der Waals surface area contributed by atoms with Crippen LogP contribution in [0.4, 0.5) is 9.18 Å². The van der Waals surface area contributed by atoms with Gasteiger partial charge in [0.05, 0.1) is 13.7 Å². The van der Waals surface area contributed by atoms with Crippen molar-refractivity contribution in [2.75, 3.05) is 7.11 Å². The molecule has 0 fully saturated rings. The van der Waals surface area contributed by atoms with Crippen molar-refractivity contribution in [3.63, 3.8) is 0 Å². The van der Waals surface area contributed by atoms with E-state index in [1.54, 1.807) is 20.8 Å².